The van der Waals surface area contributed by atoms with E-state index in [4.69, 9.17) is 0 Å². The first-order chi connectivity index (χ1) is 9.41. The smallest absolute Gasteiger partial charge is 0.176 e. The quantitative estimate of drug-likeness (QED) is 0.407. The van der Waals surface area contributed by atoms with Gasteiger partial charge in [0.05, 0.1) is 4.90 Å². The van der Waals surface area contributed by atoms with Gasteiger partial charge in [-0.05, 0) is 35.8 Å². The molecule has 0 N–H and O–H groups in total. The van der Waals surface area contributed by atoms with Crippen LogP contribution in [0.3, 0.4) is 0 Å². The van der Waals surface area contributed by atoms with Crippen molar-refractivity contribution in [2.75, 3.05) is 0 Å². The summed E-state index contributed by atoms with van der Waals surface area (Å²) in [4.78, 5) is 0.163. The second-order valence-corrected chi connectivity index (χ2v) is 6.33. The van der Waals surface area contributed by atoms with E-state index in [1.54, 1.807) is 0 Å². The van der Waals surface area contributed by atoms with Crippen molar-refractivity contribution in [1.29, 1.82) is 0 Å². The van der Waals surface area contributed by atoms with E-state index in [1.807, 2.05) is 32.0 Å². The monoisotopic (exact) mass is 318 g/mol. The summed E-state index contributed by atoms with van der Waals surface area (Å²) in [5, 5.41) is 0. The van der Waals surface area contributed by atoms with Crippen LogP contribution in [0.4, 0.5) is 17.6 Å². The molecule has 0 aliphatic rings. The normalized spacial score (nSPS) is 10.9. The Morgan fingerprint density at radius 3 is 1.70 bits per heavy atom. The molecule has 20 heavy (non-hydrogen) atoms. The van der Waals surface area contributed by atoms with Crippen LogP contribution in [-0.4, -0.2) is 0 Å². The van der Waals surface area contributed by atoms with Crippen molar-refractivity contribution in [3.05, 3.63) is 58.7 Å². The molecule has 6 heteroatoms. The van der Waals surface area contributed by atoms with Crippen LogP contribution in [0, 0.1) is 37.1 Å². The van der Waals surface area contributed by atoms with E-state index in [-0.39, 0.29) is 6.07 Å². The zero-order valence-corrected chi connectivity index (χ0v) is 12.3. The maximum atomic E-state index is 13.5. The molecule has 2 aromatic carbocycles. The highest BCUT2D eigenvalue weighted by atomic mass is 33.1. The summed E-state index contributed by atoms with van der Waals surface area (Å²) in [5.74, 6) is -5.53. The lowest BCUT2D eigenvalue weighted by Gasteiger charge is -2.10. The van der Waals surface area contributed by atoms with Crippen LogP contribution in [-0.2, 0) is 0 Å². The Morgan fingerprint density at radius 1 is 0.750 bits per heavy atom. The van der Waals surface area contributed by atoms with Crippen LogP contribution >= 0.6 is 21.6 Å². The van der Waals surface area contributed by atoms with Gasteiger partial charge < -0.3 is 0 Å². The molecule has 0 saturated heterocycles. The van der Waals surface area contributed by atoms with Gasteiger partial charge in [-0.1, -0.05) is 29.0 Å². The zero-order chi connectivity index (χ0) is 14.9. The minimum absolute atomic E-state index is 0.207. The Labute approximate surface area is 122 Å². The lowest BCUT2D eigenvalue weighted by molar-refractivity contribution is 0.426. The summed E-state index contributed by atoms with van der Waals surface area (Å²) in [7, 11) is 1.75. The van der Waals surface area contributed by atoms with Gasteiger partial charge in [0.2, 0.25) is 0 Å². The Bertz CT molecular complexity index is 610. The standard InChI is InChI=1S/C14H10F4S2/c1-7-4-3-5-8(2)13(7)19-20-14-11(17)9(15)6-10(16)12(14)18/h3-6H,1-2H3. The average Bonchev–Trinajstić information content (AvgIpc) is 2.39. The minimum atomic E-state index is -1.39. The molecule has 0 fully saturated rings. The van der Waals surface area contributed by atoms with Crippen LogP contribution in [0.25, 0.3) is 0 Å². The van der Waals surface area contributed by atoms with Crippen molar-refractivity contribution in [3.63, 3.8) is 0 Å². The lowest BCUT2D eigenvalue weighted by atomic mass is 10.2. The molecule has 0 nitrogen and oxygen atoms in total. The first-order valence-corrected chi connectivity index (χ1v) is 7.80. The van der Waals surface area contributed by atoms with Crippen molar-refractivity contribution in [3.8, 4) is 0 Å². The summed E-state index contributed by atoms with van der Waals surface area (Å²) in [5.41, 5.74) is 1.86. The first-order valence-electron chi connectivity index (χ1n) is 5.65. The molecule has 106 valence electrons. The van der Waals surface area contributed by atoms with E-state index in [0.717, 1.165) is 26.8 Å². The van der Waals surface area contributed by atoms with E-state index in [2.05, 4.69) is 0 Å². The van der Waals surface area contributed by atoms with Gasteiger partial charge >= 0.3 is 0 Å². The van der Waals surface area contributed by atoms with Gasteiger partial charge in [0, 0.05) is 11.0 Å². The maximum absolute atomic E-state index is 13.5. The lowest BCUT2D eigenvalue weighted by Crippen LogP contribution is -1.96. The first kappa shape index (κ1) is 15.3. The predicted octanol–water partition coefficient (Wildman–Crippen LogP) is 5.66. The average molecular weight is 318 g/mol. The predicted molar refractivity (Wildman–Crippen MR) is 73.9 cm³/mol. The van der Waals surface area contributed by atoms with Crippen molar-refractivity contribution >= 4 is 21.6 Å². The number of halogens is 4. The molecule has 0 aromatic heterocycles. The fraction of sp³-hybridized carbons (Fsp3) is 0.143. The molecule has 0 aliphatic carbocycles. The molecule has 0 bridgehead atoms. The number of benzene rings is 2. The highest BCUT2D eigenvalue weighted by Gasteiger charge is 2.20. The molecule has 0 unspecified atom stereocenters. The van der Waals surface area contributed by atoms with Gasteiger partial charge in [-0.25, -0.2) is 17.6 Å². The van der Waals surface area contributed by atoms with Gasteiger partial charge in [-0.15, -0.1) is 0 Å². The molecule has 2 rings (SSSR count). The molecule has 2 aromatic rings. The molecular weight excluding hydrogens is 308 g/mol. The minimum Gasteiger partial charge on any atom is -0.204 e. The van der Waals surface area contributed by atoms with Gasteiger partial charge in [-0.2, -0.15) is 0 Å². The SMILES string of the molecule is Cc1cccc(C)c1SSc1c(F)c(F)cc(F)c1F. The second kappa shape index (κ2) is 6.10. The van der Waals surface area contributed by atoms with Crippen molar-refractivity contribution in [2.24, 2.45) is 0 Å². The Hall–Kier alpha value is -1.14. The Morgan fingerprint density at radius 2 is 1.20 bits per heavy atom. The van der Waals surface area contributed by atoms with E-state index in [0.29, 0.717) is 10.8 Å². The van der Waals surface area contributed by atoms with Gasteiger partial charge in [0.15, 0.2) is 23.3 Å². The Balaban J connectivity index is 2.32. The Kier molecular flexibility index (Phi) is 4.65. The molecular formula is C14H10F4S2. The summed E-state index contributed by atoms with van der Waals surface area (Å²) >= 11 is 0. The third-order valence-corrected chi connectivity index (χ3v) is 5.36. The largest absolute Gasteiger partial charge is 0.204 e. The number of aryl methyl sites for hydroxylation is 2. The van der Waals surface area contributed by atoms with Crippen LogP contribution in [0.5, 0.6) is 0 Å². The van der Waals surface area contributed by atoms with Crippen LogP contribution in [0.2, 0.25) is 0 Å². The molecule has 0 radical (unpaired) electrons. The third kappa shape index (κ3) is 2.96. The topological polar surface area (TPSA) is 0 Å². The van der Waals surface area contributed by atoms with Gasteiger partial charge in [-0.3, -0.25) is 0 Å². The van der Waals surface area contributed by atoms with Crippen molar-refractivity contribution < 1.29 is 17.6 Å². The second-order valence-electron chi connectivity index (χ2n) is 4.18. The number of hydrogen-bond donors (Lipinski definition) is 0. The third-order valence-electron chi connectivity index (χ3n) is 2.69. The zero-order valence-electron chi connectivity index (χ0n) is 10.6. The van der Waals surface area contributed by atoms with Gasteiger partial charge in [0.25, 0.3) is 0 Å². The van der Waals surface area contributed by atoms with E-state index >= 15 is 0 Å². The molecule has 0 amide bonds. The maximum Gasteiger partial charge on any atom is 0.176 e. The summed E-state index contributed by atoms with van der Waals surface area (Å²) in [6, 6.07) is 5.78. The summed E-state index contributed by atoms with van der Waals surface area (Å²) in [6.45, 7) is 3.71. The van der Waals surface area contributed by atoms with E-state index < -0.39 is 28.2 Å². The molecule has 0 aliphatic heterocycles. The summed E-state index contributed by atoms with van der Waals surface area (Å²) < 4.78 is 53.3. The fourth-order valence-corrected chi connectivity index (χ4v) is 4.27. The van der Waals surface area contributed by atoms with Crippen molar-refractivity contribution in [2.45, 2.75) is 23.6 Å². The summed E-state index contributed by atoms with van der Waals surface area (Å²) in [6.07, 6.45) is 0. The molecule has 0 spiro atoms. The molecule has 0 saturated carbocycles. The van der Waals surface area contributed by atoms with Crippen LogP contribution < -0.4 is 0 Å². The van der Waals surface area contributed by atoms with E-state index in [9.17, 15) is 17.6 Å². The highest BCUT2D eigenvalue weighted by Crippen LogP contribution is 2.43. The van der Waals surface area contributed by atoms with E-state index in [1.165, 1.54) is 0 Å². The van der Waals surface area contributed by atoms with Crippen LogP contribution in [0.1, 0.15) is 11.1 Å². The highest BCUT2D eigenvalue weighted by molar-refractivity contribution is 8.76. The fourth-order valence-electron chi connectivity index (χ4n) is 1.64. The molecule has 0 atom stereocenters. The van der Waals surface area contributed by atoms with Crippen LogP contribution in [0.15, 0.2) is 34.1 Å². The molecule has 0 heterocycles. The van der Waals surface area contributed by atoms with Gasteiger partial charge in [0.1, 0.15) is 0 Å². The van der Waals surface area contributed by atoms with Crippen molar-refractivity contribution in [1.82, 2.24) is 0 Å². The number of rotatable bonds is 3. The number of hydrogen-bond acceptors (Lipinski definition) is 2.